The van der Waals surface area contributed by atoms with E-state index in [-0.39, 0.29) is 6.10 Å². The van der Waals surface area contributed by atoms with Gasteiger partial charge in [0.05, 0.1) is 6.10 Å². The monoisotopic (exact) mass is 328 g/mol. The molecule has 90 valence electrons. The lowest BCUT2D eigenvalue weighted by Gasteiger charge is -2.09. The molecule has 1 heterocycles. The molecule has 0 amide bonds. The highest BCUT2D eigenvalue weighted by atomic mass is 79.9. The van der Waals surface area contributed by atoms with Crippen molar-refractivity contribution in [1.29, 1.82) is 0 Å². The second-order valence-electron chi connectivity index (χ2n) is 3.68. The van der Waals surface area contributed by atoms with Crippen molar-refractivity contribution in [3.8, 4) is 0 Å². The molecule has 0 saturated carbocycles. The van der Waals surface area contributed by atoms with Crippen molar-refractivity contribution >= 4 is 39.0 Å². The standard InChI is InChI=1S/C13H13BrOS2/c14-12-5-1-2-6-13(12)17-9-10(15)8-11-4-3-7-16-11/h1-7,10,15H,8-9H2. The summed E-state index contributed by atoms with van der Waals surface area (Å²) in [7, 11) is 0. The van der Waals surface area contributed by atoms with Crippen LogP contribution in [0.2, 0.25) is 0 Å². The molecule has 1 N–H and O–H groups in total. The molecule has 1 aromatic heterocycles. The molecule has 2 aromatic rings. The molecule has 4 heteroatoms. The summed E-state index contributed by atoms with van der Waals surface area (Å²) >= 11 is 6.89. The Morgan fingerprint density at radius 1 is 1.24 bits per heavy atom. The van der Waals surface area contributed by atoms with Crippen LogP contribution in [0.15, 0.2) is 51.1 Å². The minimum absolute atomic E-state index is 0.286. The Labute approximate surface area is 118 Å². The van der Waals surface area contributed by atoms with Crippen LogP contribution in [0.5, 0.6) is 0 Å². The van der Waals surface area contributed by atoms with Crippen LogP contribution in [0.25, 0.3) is 0 Å². The summed E-state index contributed by atoms with van der Waals surface area (Å²) in [6.07, 6.45) is 0.459. The molecule has 0 aliphatic carbocycles. The molecule has 0 aliphatic heterocycles. The molecular formula is C13H13BrOS2. The number of thiophene rings is 1. The minimum Gasteiger partial charge on any atom is -0.392 e. The van der Waals surface area contributed by atoms with E-state index in [9.17, 15) is 5.11 Å². The van der Waals surface area contributed by atoms with E-state index < -0.39 is 0 Å². The maximum atomic E-state index is 9.94. The van der Waals surface area contributed by atoms with Crippen molar-refractivity contribution in [1.82, 2.24) is 0 Å². The maximum absolute atomic E-state index is 9.94. The van der Waals surface area contributed by atoms with E-state index in [1.807, 2.05) is 29.6 Å². The molecule has 17 heavy (non-hydrogen) atoms. The number of hydrogen-bond donors (Lipinski definition) is 1. The smallest absolute Gasteiger partial charge is 0.0682 e. The molecule has 0 bridgehead atoms. The van der Waals surface area contributed by atoms with Crippen LogP contribution in [-0.4, -0.2) is 17.0 Å². The predicted molar refractivity (Wildman–Crippen MR) is 78.9 cm³/mol. The third-order valence-corrected chi connectivity index (χ3v) is 5.36. The lowest BCUT2D eigenvalue weighted by molar-refractivity contribution is 0.201. The van der Waals surface area contributed by atoms with Crippen molar-refractivity contribution in [3.63, 3.8) is 0 Å². The fourth-order valence-corrected chi connectivity index (χ4v) is 3.74. The Morgan fingerprint density at radius 3 is 2.76 bits per heavy atom. The molecule has 2 rings (SSSR count). The number of rotatable bonds is 5. The zero-order valence-corrected chi connectivity index (χ0v) is 12.4. The highest BCUT2D eigenvalue weighted by molar-refractivity contribution is 9.10. The summed E-state index contributed by atoms with van der Waals surface area (Å²) in [5, 5.41) is 12.0. The topological polar surface area (TPSA) is 20.2 Å². The Balaban J connectivity index is 1.84. The van der Waals surface area contributed by atoms with E-state index in [2.05, 4.69) is 28.1 Å². The summed E-state index contributed by atoms with van der Waals surface area (Å²) in [5.74, 6) is 0.723. The lowest BCUT2D eigenvalue weighted by atomic mass is 10.2. The first-order chi connectivity index (χ1) is 8.25. The van der Waals surface area contributed by atoms with Gasteiger partial charge in [0.25, 0.3) is 0 Å². The molecule has 0 spiro atoms. The number of aliphatic hydroxyl groups is 1. The molecule has 0 radical (unpaired) electrons. The van der Waals surface area contributed by atoms with Gasteiger partial charge < -0.3 is 5.11 Å². The van der Waals surface area contributed by atoms with Crippen molar-refractivity contribution in [2.24, 2.45) is 0 Å². The van der Waals surface area contributed by atoms with Gasteiger partial charge in [-0.15, -0.1) is 23.1 Å². The van der Waals surface area contributed by atoms with Gasteiger partial charge in [-0.1, -0.05) is 18.2 Å². The van der Waals surface area contributed by atoms with Gasteiger partial charge in [-0.3, -0.25) is 0 Å². The van der Waals surface area contributed by atoms with Gasteiger partial charge in [0.15, 0.2) is 0 Å². The number of benzene rings is 1. The predicted octanol–water partition coefficient (Wildman–Crippen LogP) is 4.21. The average molecular weight is 329 g/mol. The van der Waals surface area contributed by atoms with Gasteiger partial charge in [-0.05, 0) is 39.5 Å². The first-order valence-electron chi connectivity index (χ1n) is 5.33. The third-order valence-electron chi connectivity index (χ3n) is 2.28. The normalized spacial score (nSPS) is 12.6. The van der Waals surface area contributed by atoms with Crippen molar-refractivity contribution in [2.75, 3.05) is 5.75 Å². The summed E-state index contributed by atoms with van der Waals surface area (Å²) < 4.78 is 1.09. The molecule has 0 aliphatic rings. The fraction of sp³-hybridized carbons (Fsp3) is 0.231. The van der Waals surface area contributed by atoms with Gasteiger partial charge in [0.1, 0.15) is 0 Å². The van der Waals surface area contributed by atoms with E-state index in [1.165, 1.54) is 9.77 Å². The van der Waals surface area contributed by atoms with Gasteiger partial charge >= 0.3 is 0 Å². The summed E-state index contributed by atoms with van der Waals surface area (Å²) in [4.78, 5) is 2.42. The van der Waals surface area contributed by atoms with E-state index in [0.29, 0.717) is 0 Å². The number of thioether (sulfide) groups is 1. The van der Waals surface area contributed by atoms with Crippen molar-refractivity contribution in [2.45, 2.75) is 17.4 Å². The SMILES string of the molecule is OC(CSc1ccccc1Br)Cc1cccs1. The highest BCUT2D eigenvalue weighted by Gasteiger charge is 2.08. The van der Waals surface area contributed by atoms with E-state index in [0.717, 1.165) is 16.6 Å². The molecule has 1 aromatic carbocycles. The van der Waals surface area contributed by atoms with Gasteiger partial charge in [-0.25, -0.2) is 0 Å². The number of hydrogen-bond acceptors (Lipinski definition) is 3. The number of aliphatic hydroxyl groups excluding tert-OH is 1. The Kier molecular flexibility index (Phi) is 5.10. The minimum atomic E-state index is -0.286. The Morgan fingerprint density at radius 2 is 2.06 bits per heavy atom. The fourth-order valence-electron chi connectivity index (χ4n) is 1.47. The Bertz CT molecular complexity index is 456. The second-order valence-corrected chi connectivity index (χ2v) is 6.63. The molecule has 1 nitrogen and oxygen atoms in total. The zero-order chi connectivity index (χ0) is 12.1. The van der Waals surface area contributed by atoms with Crippen LogP contribution in [0.3, 0.4) is 0 Å². The maximum Gasteiger partial charge on any atom is 0.0682 e. The van der Waals surface area contributed by atoms with Crippen LogP contribution >= 0.6 is 39.0 Å². The van der Waals surface area contributed by atoms with Gasteiger partial charge in [-0.2, -0.15) is 0 Å². The molecule has 0 fully saturated rings. The summed E-state index contributed by atoms with van der Waals surface area (Å²) in [6, 6.07) is 12.2. The molecule has 0 saturated heterocycles. The Hall–Kier alpha value is -0.290. The first-order valence-corrected chi connectivity index (χ1v) is 7.99. The molecule has 1 unspecified atom stereocenters. The third kappa shape index (κ3) is 4.14. The van der Waals surface area contributed by atoms with Crippen LogP contribution in [0.1, 0.15) is 4.88 Å². The van der Waals surface area contributed by atoms with Crippen LogP contribution in [0.4, 0.5) is 0 Å². The van der Waals surface area contributed by atoms with Crippen LogP contribution in [0, 0.1) is 0 Å². The zero-order valence-electron chi connectivity index (χ0n) is 9.17. The van der Waals surface area contributed by atoms with Crippen molar-refractivity contribution < 1.29 is 5.11 Å². The summed E-state index contributed by atoms with van der Waals surface area (Å²) in [6.45, 7) is 0. The quantitative estimate of drug-likeness (QED) is 0.830. The first kappa shape index (κ1) is 13.1. The van der Waals surface area contributed by atoms with E-state index in [1.54, 1.807) is 23.1 Å². The van der Waals surface area contributed by atoms with Crippen LogP contribution in [-0.2, 0) is 6.42 Å². The second kappa shape index (κ2) is 6.59. The van der Waals surface area contributed by atoms with E-state index in [4.69, 9.17) is 0 Å². The summed E-state index contributed by atoms with van der Waals surface area (Å²) in [5.41, 5.74) is 0. The van der Waals surface area contributed by atoms with Crippen molar-refractivity contribution in [3.05, 3.63) is 51.1 Å². The highest BCUT2D eigenvalue weighted by Crippen LogP contribution is 2.28. The van der Waals surface area contributed by atoms with E-state index >= 15 is 0 Å². The largest absolute Gasteiger partial charge is 0.392 e. The molecular weight excluding hydrogens is 316 g/mol. The lowest BCUT2D eigenvalue weighted by Crippen LogP contribution is -2.12. The number of halogens is 1. The average Bonchev–Trinajstić information content (AvgIpc) is 2.81. The van der Waals surface area contributed by atoms with Gasteiger partial charge in [0.2, 0.25) is 0 Å². The van der Waals surface area contributed by atoms with Crippen LogP contribution < -0.4 is 0 Å². The van der Waals surface area contributed by atoms with Gasteiger partial charge in [0, 0.05) is 26.4 Å². The molecule has 1 atom stereocenters.